The van der Waals surface area contributed by atoms with Crippen molar-refractivity contribution in [2.24, 2.45) is 0 Å². The highest BCUT2D eigenvalue weighted by Gasteiger charge is 2.36. The lowest BCUT2D eigenvalue weighted by Gasteiger charge is -2.32. The number of hydrogen-bond acceptors (Lipinski definition) is 9. The van der Waals surface area contributed by atoms with Crippen molar-refractivity contribution in [1.29, 1.82) is 0 Å². The van der Waals surface area contributed by atoms with Gasteiger partial charge in [0, 0.05) is 29.6 Å². The molecule has 1 aliphatic heterocycles. The first kappa shape index (κ1) is 27.1. The van der Waals surface area contributed by atoms with Crippen LogP contribution in [-0.2, 0) is 20.9 Å². The van der Waals surface area contributed by atoms with E-state index in [4.69, 9.17) is 14.2 Å². The van der Waals surface area contributed by atoms with Crippen molar-refractivity contribution in [2.75, 3.05) is 27.4 Å². The molecule has 2 fully saturated rings. The molecule has 2 aromatic heterocycles. The largest absolute Gasteiger partial charge is 0.493 e. The Kier molecular flexibility index (Phi) is 8.72. The lowest BCUT2D eigenvalue weighted by atomic mass is 10.1. The third-order valence-electron chi connectivity index (χ3n) is 7.19. The van der Waals surface area contributed by atoms with Crippen molar-refractivity contribution in [1.82, 2.24) is 30.4 Å². The van der Waals surface area contributed by atoms with E-state index in [1.165, 1.54) is 16.1 Å². The molecular formula is C27H34N6O5S. The maximum Gasteiger partial charge on any atom is 0.248 e. The summed E-state index contributed by atoms with van der Waals surface area (Å²) in [5.41, 5.74) is 0.676. The quantitative estimate of drug-likeness (QED) is 0.384. The van der Waals surface area contributed by atoms with Gasteiger partial charge in [-0.1, -0.05) is 18.9 Å². The number of ether oxygens (including phenoxy) is 3. The summed E-state index contributed by atoms with van der Waals surface area (Å²) < 4.78 is 16.6. The highest BCUT2D eigenvalue weighted by molar-refractivity contribution is 7.10. The number of rotatable bonds is 11. The fraction of sp³-hybridized carbons (Fsp3) is 0.519. The van der Waals surface area contributed by atoms with E-state index in [2.05, 4.69) is 20.7 Å². The van der Waals surface area contributed by atoms with Crippen molar-refractivity contribution in [3.63, 3.8) is 0 Å². The van der Waals surface area contributed by atoms with Crippen molar-refractivity contribution in [2.45, 2.75) is 63.3 Å². The van der Waals surface area contributed by atoms with Crippen molar-refractivity contribution < 1.29 is 23.8 Å². The summed E-state index contributed by atoms with van der Waals surface area (Å²) in [7, 11) is 3.12. The van der Waals surface area contributed by atoms with Crippen LogP contribution in [0, 0.1) is 0 Å². The van der Waals surface area contributed by atoms with Crippen molar-refractivity contribution in [3.05, 3.63) is 40.6 Å². The average molecular weight is 555 g/mol. The molecule has 2 unspecified atom stereocenters. The zero-order valence-corrected chi connectivity index (χ0v) is 23.1. The topological polar surface area (TPSA) is 121 Å². The Balaban J connectivity index is 1.38. The van der Waals surface area contributed by atoms with Gasteiger partial charge < -0.3 is 24.4 Å². The second-order valence-electron chi connectivity index (χ2n) is 9.80. The van der Waals surface area contributed by atoms with Gasteiger partial charge in [-0.2, -0.15) is 4.80 Å². The Hall–Kier alpha value is -3.51. The van der Waals surface area contributed by atoms with Crippen LogP contribution >= 0.6 is 11.3 Å². The normalized spacial score (nSPS) is 18.2. The lowest BCUT2D eigenvalue weighted by Crippen LogP contribution is -2.49. The van der Waals surface area contributed by atoms with E-state index in [0.29, 0.717) is 36.0 Å². The number of tetrazole rings is 1. The molecule has 5 rings (SSSR count). The number of amides is 2. The fourth-order valence-corrected chi connectivity index (χ4v) is 6.03. The monoisotopic (exact) mass is 554 g/mol. The van der Waals surface area contributed by atoms with Crippen LogP contribution in [0.3, 0.4) is 0 Å². The predicted octanol–water partition coefficient (Wildman–Crippen LogP) is 3.23. The van der Waals surface area contributed by atoms with Gasteiger partial charge in [0.25, 0.3) is 0 Å². The first-order valence-corrected chi connectivity index (χ1v) is 14.2. The SMILES string of the molecule is COc1ccc(-c2nnn(CC(=O)N(CC3CCCO3)C(C(=O)NC3CCCC3)c3cccs3)n2)cc1OC. The molecule has 39 heavy (non-hydrogen) atoms. The Morgan fingerprint density at radius 1 is 1.15 bits per heavy atom. The zero-order valence-electron chi connectivity index (χ0n) is 22.2. The Labute approximate surface area is 231 Å². The Morgan fingerprint density at radius 3 is 2.67 bits per heavy atom. The van der Waals surface area contributed by atoms with Gasteiger partial charge in [0.05, 0.1) is 20.3 Å². The van der Waals surface area contributed by atoms with Crippen LogP contribution in [0.15, 0.2) is 35.7 Å². The van der Waals surface area contributed by atoms with Crippen LogP contribution in [0.2, 0.25) is 0 Å². The highest BCUT2D eigenvalue weighted by Crippen LogP contribution is 2.31. The second kappa shape index (κ2) is 12.6. The standard InChI is InChI=1S/C27H34N6O5S/c1-36-21-12-11-18(15-22(21)37-2)26-29-31-33(30-26)17-24(34)32(16-20-9-5-13-38-20)25(23-10-6-14-39-23)27(35)28-19-7-3-4-8-19/h6,10-12,14-15,19-20,25H,3-5,7-9,13,16-17H2,1-2H3,(H,28,35). The summed E-state index contributed by atoms with van der Waals surface area (Å²) in [4.78, 5) is 31.2. The Morgan fingerprint density at radius 2 is 1.97 bits per heavy atom. The highest BCUT2D eigenvalue weighted by atomic mass is 32.1. The number of nitrogens with one attached hydrogen (secondary N) is 1. The van der Waals surface area contributed by atoms with Crippen LogP contribution in [0.4, 0.5) is 0 Å². The smallest absolute Gasteiger partial charge is 0.248 e. The van der Waals surface area contributed by atoms with E-state index in [9.17, 15) is 9.59 Å². The first-order chi connectivity index (χ1) is 19.1. The second-order valence-corrected chi connectivity index (χ2v) is 10.8. The van der Waals surface area contributed by atoms with Gasteiger partial charge in [-0.05, 0) is 60.5 Å². The minimum atomic E-state index is -0.754. The van der Waals surface area contributed by atoms with E-state index in [1.54, 1.807) is 37.3 Å². The average Bonchev–Trinajstić information content (AvgIpc) is 3.77. The summed E-state index contributed by atoms with van der Waals surface area (Å²) >= 11 is 1.47. The number of carbonyl (C=O) groups is 2. The van der Waals surface area contributed by atoms with E-state index in [-0.39, 0.29) is 30.5 Å². The van der Waals surface area contributed by atoms with Crippen LogP contribution in [0.5, 0.6) is 11.5 Å². The van der Waals surface area contributed by atoms with E-state index >= 15 is 0 Å². The van der Waals surface area contributed by atoms with Crippen LogP contribution in [0.1, 0.15) is 49.4 Å². The van der Waals surface area contributed by atoms with Gasteiger partial charge in [0.15, 0.2) is 11.5 Å². The number of nitrogens with zero attached hydrogens (tertiary/aromatic N) is 5. The van der Waals surface area contributed by atoms with E-state index < -0.39 is 6.04 Å². The van der Waals surface area contributed by atoms with Gasteiger partial charge in [0.1, 0.15) is 12.6 Å². The molecule has 0 spiro atoms. The maximum absolute atomic E-state index is 13.8. The summed E-state index contributed by atoms with van der Waals surface area (Å²) in [6, 6.07) is 8.51. The summed E-state index contributed by atoms with van der Waals surface area (Å²) in [6.45, 7) is 0.812. The van der Waals surface area contributed by atoms with E-state index in [1.807, 2.05) is 17.5 Å². The van der Waals surface area contributed by atoms with E-state index in [0.717, 1.165) is 43.4 Å². The molecule has 0 radical (unpaired) electrons. The number of benzene rings is 1. The summed E-state index contributed by atoms with van der Waals surface area (Å²) in [5.74, 6) is 1.04. The van der Waals surface area contributed by atoms with Crippen LogP contribution < -0.4 is 14.8 Å². The number of carbonyl (C=O) groups excluding carboxylic acids is 2. The molecule has 208 valence electrons. The summed E-state index contributed by atoms with van der Waals surface area (Å²) in [6.07, 6.45) is 5.79. The predicted molar refractivity (Wildman–Crippen MR) is 145 cm³/mol. The molecule has 2 atom stereocenters. The van der Waals surface area contributed by atoms with Gasteiger partial charge in [-0.3, -0.25) is 9.59 Å². The molecule has 1 saturated heterocycles. The number of thiophene rings is 1. The van der Waals surface area contributed by atoms with Crippen LogP contribution in [-0.4, -0.2) is 76.4 Å². The first-order valence-electron chi connectivity index (χ1n) is 13.3. The molecule has 3 heterocycles. The maximum atomic E-state index is 13.8. The molecule has 0 bridgehead atoms. The number of methoxy groups -OCH3 is 2. The lowest BCUT2D eigenvalue weighted by molar-refractivity contribution is -0.143. The molecule has 1 aromatic carbocycles. The molecule has 12 heteroatoms. The molecule has 1 N–H and O–H groups in total. The minimum absolute atomic E-state index is 0.123. The molecule has 11 nitrogen and oxygen atoms in total. The molecular weight excluding hydrogens is 520 g/mol. The van der Waals surface area contributed by atoms with Gasteiger partial charge in [0.2, 0.25) is 17.6 Å². The third-order valence-corrected chi connectivity index (χ3v) is 8.11. The number of aromatic nitrogens is 4. The minimum Gasteiger partial charge on any atom is -0.493 e. The molecule has 1 aliphatic carbocycles. The fourth-order valence-electron chi connectivity index (χ4n) is 5.19. The van der Waals surface area contributed by atoms with Crippen molar-refractivity contribution >= 4 is 23.2 Å². The van der Waals surface area contributed by atoms with Crippen LogP contribution in [0.25, 0.3) is 11.4 Å². The van der Waals surface area contributed by atoms with Gasteiger partial charge in [-0.25, -0.2) is 0 Å². The molecule has 2 amide bonds. The molecule has 3 aromatic rings. The van der Waals surface area contributed by atoms with Crippen molar-refractivity contribution in [3.8, 4) is 22.9 Å². The Bertz CT molecular complexity index is 1250. The zero-order chi connectivity index (χ0) is 27.2. The number of hydrogen-bond donors (Lipinski definition) is 1. The van der Waals surface area contributed by atoms with Gasteiger partial charge in [-0.15, -0.1) is 21.5 Å². The van der Waals surface area contributed by atoms with Gasteiger partial charge >= 0.3 is 0 Å². The molecule has 1 saturated carbocycles. The third kappa shape index (κ3) is 6.39. The summed E-state index contributed by atoms with van der Waals surface area (Å²) in [5, 5.41) is 17.8. The molecule has 2 aliphatic rings.